The molecular formula is C41H47F7N4O5. The van der Waals surface area contributed by atoms with E-state index in [1.807, 2.05) is 12.1 Å². The maximum atomic E-state index is 14.0. The van der Waals surface area contributed by atoms with Gasteiger partial charge in [-0.3, -0.25) is 9.59 Å². The molecule has 1 aliphatic carbocycles. The minimum Gasteiger partial charge on any atom is -0.392 e. The summed E-state index contributed by atoms with van der Waals surface area (Å²) in [7, 11) is 1.70. The quantitative estimate of drug-likeness (QED) is 0.201. The molecule has 57 heavy (non-hydrogen) atoms. The normalized spacial score (nSPS) is 21.5. The molecule has 0 radical (unpaired) electrons. The van der Waals surface area contributed by atoms with Gasteiger partial charge in [-0.2, -0.15) is 26.3 Å². The van der Waals surface area contributed by atoms with E-state index in [-0.39, 0.29) is 49.6 Å². The summed E-state index contributed by atoms with van der Waals surface area (Å²) in [6.07, 6.45) is -7.65. The molecular weight excluding hydrogens is 761 g/mol. The molecule has 1 spiro atoms. The average Bonchev–Trinajstić information content (AvgIpc) is 3.75. The van der Waals surface area contributed by atoms with Crippen molar-refractivity contribution in [2.45, 2.75) is 74.1 Å². The number of carbonyl (C=O) groups is 2. The van der Waals surface area contributed by atoms with Crippen molar-refractivity contribution in [1.82, 2.24) is 14.7 Å². The van der Waals surface area contributed by atoms with Crippen LogP contribution >= 0.6 is 0 Å². The molecule has 3 atom stereocenters. The first-order valence-corrected chi connectivity index (χ1v) is 19.0. The van der Waals surface area contributed by atoms with Gasteiger partial charge in [-0.05, 0) is 98.6 Å². The fourth-order valence-corrected chi connectivity index (χ4v) is 8.38. The number of alkyl halides is 6. The molecule has 3 aromatic rings. The number of likely N-dealkylation sites (N-methyl/N-ethyl adjacent to an activating group) is 1. The lowest BCUT2D eigenvalue weighted by Gasteiger charge is -2.44. The van der Waals surface area contributed by atoms with E-state index in [9.17, 15) is 45.4 Å². The minimum absolute atomic E-state index is 0.0278. The summed E-state index contributed by atoms with van der Waals surface area (Å²) in [5.74, 6) is -1.74. The summed E-state index contributed by atoms with van der Waals surface area (Å²) in [5.41, 5.74) is 2.79. The Morgan fingerprint density at radius 2 is 1.65 bits per heavy atom. The number of aliphatic hydroxyl groups is 1. The highest BCUT2D eigenvalue weighted by Gasteiger charge is 2.50. The van der Waals surface area contributed by atoms with Crippen molar-refractivity contribution in [3.63, 3.8) is 0 Å². The van der Waals surface area contributed by atoms with Gasteiger partial charge in [0.15, 0.2) is 0 Å². The zero-order valence-corrected chi connectivity index (χ0v) is 31.5. The second kappa shape index (κ2) is 17.0. The van der Waals surface area contributed by atoms with Gasteiger partial charge in [0.2, 0.25) is 5.91 Å². The van der Waals surface area contributed by atoms with Crippen molar-refractivity contribution in [1.29, 1.82) is 0 Å². The van der Waals surface area contributed by atoms with E-state index in [0.717, 1.165) is 10.5 Å². The summed E-state index contributed by atoms with van der Waals surface area (Å²) in [5, 5.41) is 9.74. The van der Waals surface area contributed by atoms with E-state index >= 15 is 0 Å². The number of carbonyl (C=O) groups excluding carboxylic acids is 2. The van der Waals surface area contributed by atoms with Gasteiger partial charge in [-0.1, -0.05) is 36.4 Å². The van der Waals surface area contributed by atoms with Crippen LogP contribution in [0.2, 0.25) is 0 Å². The van der Waals surface area contributed by atoms with Gasteiger partial charge < -0.3 is 35.0 Å². The molecule has 3 N–H and O–H groups in total. The lowest BCUT2D eigenvalue weighted by atomic mass is 9.72. The summed E-state index contributed by atoms with van der Waals surface area (Å²) in [6, 6.07) is 14.4. The maximum absolute atomic E-state index is 14.0. The number of halogens is 7. The molecule has 3 aliphatic rings. The number of nitrogens with two attached hydrogens (primary N) is 1. The van der Waals surface area contributed by atoms with Crippen molar-refractivity contribution in [3.8, 4) is 0 Å². The first-order valence-electron chi connectivity index (χ1n) is 19.0. The molecule has 0 aromatic heterocycles. The zero-order valence-electron chi connectivity index (χ0n) is 31.5. The van der Waals surface area contributed by atoms with Gasteiger partial charge >= 0.3 is 12.4 Å². The van der Waals surface area contributed by atoms with Crippen LogP contribution in [0.15, 0.2) is 66.7 Å². The first-order chi connectivity index (χ1) is 26.9. The summed E-state index contributed by atoms with van der Waals surface area (Å²) in [6.45, 7) is 1.66. The number of piperidine rings is 1. The molecule has 2 amide bonds. The number of hydrogen-bond donors (Lipinski definition) is 2. The zero-order chi connectivity index (χ0) is 41.2. The summed E-state index contributed by atoms with van der Waals surface area (Å²) < 4.78 is 108. The van der Waals surface area contributed by atoms with E-state index in [0.29, 0.717) is 76.0 Å². The fourth-order valence-electron chi connectivity index (χ4n) is 8.38. The van der Waals surface area contributed by atoms with Gasteiger partial charge in [0, 0.05) is 37.7 Å². The van der Waals surface area contributed by atoms with E-state index in [2.05, 4.69) is 17.0 Å². The van der Waals surface area contributed by atoms with Gasteiger partial charge in [-0.25, -0.2) is 4.39 Å². The van der Waals surface area contributed by atoms with Crippen LogP contribution in [0.5, 0.6) is 0 Å². The SMILES string of the molecule is CN(CCCC(O)CN)C(=O)CO[C@H]1Cc2ccccc2C12CCN(CC[C@@]1(c3ccc(F)cc3)CN(C(=O)c3cc(C(F)(F)F)cc(C(F)(F)F)c3)CO1)CC2. The second-order valence-corrected chi connectivity index (χ2v) is 15.3. The molecule has 2 heterocycles. The van der Waals surface area contributed by atoms with Crippen LogP contribution in [0.1, 0.15) is 70.3 Å². The van der Waals surface area contributed by atoms with Crippen LogP contribution in [-0.4, -0.2) is 103 Å². The number of aliphatic hydroxyl groups excluding tert-OH is 1. The Balaban J connectivity index is 1.14. The Hall–Kier alpha value is -4.09. The number of nitrogens with zero attached hydrogens (tertiary/aromatic N) is 3. The Bertz CT molecular complexity index is 1850. The largest absolute Gasteiger partial charge is 0.416 e. The Morgan fingerprint density at radius 1 is 1.00 bits per heavy atom. The van der Waals surface area contributed by atoms with Gasteiger partial charge in [0.1, 0.15) is 24.8 Å². The van der Waals surface area contributed by atoms with Crippen LogP contribution < -0.4 is 5.73 Å². The van der Waals surface area contributed by atoms with E-state index < -0.39 is 59.2 Å². The predicted octanol–water partition coefficient (Wildman–Crippen LogP) is 6.11. The van der Waals surface area contributed by atoms with Gasteiger partial charge in [0.25, 0.3) is 5.91 Å². The number of fused-ring (bicyclic) bond motifs is 2. The highest BCUT2D eigenvalue weighted by atomic mass is 19.4. The maximum Gasteiger partial charge on any atom is 0.416 e. The van der Waals surface area contributed by atoms with Crippen molar-refractivity contribution < 1.29 is 54.9 Å². The third-order valence-corrected chi connectivity index (χ3v) is 11.7. The van der Waals surface area contributed by atoms with E-state index in [4.69, 9.17) is 15.2 Å². The highest BCUT2D eigenvalue weighted by Crippen LogP contribution is 2.48. The molecule has 6 rings (SSSR count). The smallest absolute Gasteiger partial charge is 0.392 e. The topological polar surface area (TPSA) is 109 Å². The fraction of sp³-hybridized carbons (Fsp3) is 0.512. The second-order valence-electron chi connectivity index (χ2n) is 15.3. The number of likely N-dealkylation sites (tertiary alicyclic amines) is 1. The molecule has 9 nitrogen and oxygen atoms in total. The van der Waals surface area contributed by atoms with Crippen LogP contribution in [0.25, 0.3) is 0 Å². The minimum atomic E-state index is -5.13. The van der Waals surface area contributed by atoms with E-state index in [1.54, 1.807) is 11.9 Å². The molecule has 1 unspecified atom stereocenters. The number of ether oxygens (including phenoxy) is 2. The lowest BCUT2D eigenvalue weighted by molar-refractivity contribution is -0.143. The summed E-state index contributed by atoms with van der Waals surface area (Å²) in [4.78, 5) is 31.5. The lowest BCUT2D eigenvalue weighted by Crippen LogP contribution is -2.50. The number of hydrogen-bond acceptors (Lipinski definition) is 7. The predicted molar refractivity (Wildman–Crippen MR) is 195 cm³/mol. The highest BCUT2D eigenvalue weighted by molar-refractivity contribution is 5.95. The third kappa shape index (κ3) is 9.46. The number of rotatable bonds is 13. The van der Waals surface area contributed by atoms with Crippen LogP contribution in [0, 0.1) is 5.82 Å². The molecule has 2 aliphatic heterocycles. The molecule has 16 heteroatoms. The standard InChI is InChI=1S/C41H47F7N4O5/c1-50(15-4-6-33(53)23-49)36(54)24-56-35-21-27-5-2-3-7-34(27)38(35)12-16-51(17-13-38)18-14-39(29-8-10-32(42)11-9-29)25-52(26-57-39)37(55)28-19-30(40(43,44)45)22-31(20-28)41(46,47)48/h2-3,5,7-11,19-20,22,33,35,53H,4,6,12-18,21,23-26,49H2,1H3/t33?,35-,39-/m0/s1. The van der Waals surface area contributed by atoms with Gasteiger partial charge in [0.05, 0.1) is 29.9 Å². The Labute approximate surface area is 326 Å². The number of amides is 2. The van der Waals surface area contributed by atoms with E-state index in [1.165, 1.54) is 29.8 Å². The Morgan fingerprint density at radius 3 is 2.28 bits per heavy atom. The van der Waals surface area contributed by atoms with Crippen molar-refractivity contribution in [3.05, 3.63) is 106 Å². The Kier molecular flexibility index (Phi) is 12.7. The molecule has 310 valence electrons. The van der Waals surface area contributed by atoms with Crippen LogP contribution in [0.3, 0.4) is 0 Å². The molecule has 2 saturated heterocycles. The summed E-state index contributed by atoms with van der Waals surface area (Å²) >= 11 is 0. The molecule has 3 aromatic carbocycles. The van der Waals surface area contributed by atoms with Crippen molar-refractivity contribution in [2.75, 3.05) is 59.7 Å². The van der Waals surface area contributed by atoms with Crippen molar-refractivity contribution >= 4 is 11.8 Å². The molecule has 0 saturated carbocycles. The van der Waals surface area contributed by atoms with Crippen molar-refractivity contribution in [2.24, 2.45) is 5.73 Å². The van der Waals surface area contributed by atoms with Crippen LogP contribution in [-0.2, 0) is 44.1 Å². The monoisotopic (exact) mass is 808 g/mol. The first kappa shape index (κ1) is 42.5. The van der Waals surface area contributed by atoms with Gasteiger partial charge in [-0.15, -0.1) is 0 Å². The average molecular weight is 809 g/mol. The molecule has 2 fully saturated rings. The number of benzene rings is 3. The molecule has 0 bridgehead atoms. The van der Waals surface area contributed by atoms with Crippen LogP contribution in [0.4, 0.5) is 30.7 Å². The third-order valence-electron chi connectivity index (χ3n) is 11.7.